The van der Waals surface area contributed by atoms with E-state index in [0.29, 0.717) is 39.2 Å². The Morgan fingerprint density at radius 1 is 1.29 bits per heavy atom. The molecule has 2 aliphatic rings. The first-order valence-electron chi connectivity index (χ1n) is 9.98. The number of amides is 3. The molecule has 160 valence electrons. The van der Waals surface area contributed by atoms with Gasteiger partial charge < -0.3 is 24.6 Å². The van der Waals surface area contributed by atoms with Gasteiger partial charge in [0, 0.05) is 51.2 Å². The Hall–Kier alpha value is -1.83. The van der Waals surface area contributed by atoms with E-state index in [4.69, 9.17) is 9.47 Å². The lowest BCUT2D eigenvalue weighted by molar-refractivity contribution is -0.130. The van der Waals surface area contributed by atoms with Crippen molar-refractivity contribution in [2.75, 3.05) is 39.9 Å². The van der Waals surface area contributed by atoms with Crippen LogP contribution in [0.5, 0.6) is 0 Å². The summed E-state index contributed by atoms with van der Waals surface area (Å²) in [5, 5.41) is 3.13. The minimum atomic E-state index is -0.532. The van der Waals surface area contributed by atoms with E-state index in [9.17, 15) is 14.4 Å². The second-order valence-electron chi connectivity index (χ2n) is 9.47. The van der Waals surface area contributed by atoms with Crippen molar-refractivity contribution in [2.45, 2.75) is 59.1 Å². The molecule has 0 bridgehead atoms. The van der Waals surface area contributed by atoms with Crippen molar-refractivity contribution in [3.05, 3.63) is 0 Å². The molecular formula is C20H35N3O5. The van der Waals surface area contributed by atoms with Crippen molar-refractivity contribution < 1.29 is 23.9 Å². The average Bonchev–Trinajstić information content (AvgIpc) is 2.93. The van der Waals surface area contributed by atoms with Crippen LogP contribution in [0.3, 0.4) is 0 Å². The zero-order chi connectivity index (χ0) is 21.1. The fraction of sp³-hybridized carbons (Fsp3) is 0.850. The lowest BCUT2D eigenvalue weighted by atomic mass is 9.79. The minimum absolute atomic E-state index is 0.00351. The normalized spacial score (nSPS) is 25.0. The molecule has 0 aromatic heterocycles. The molecule has 0 spiro atoms. The van der Waals surface area contributed by atoms with Gasteiger partial charge >= 0.3 is 6.09 Å². The van der Waals surface area contributed by atoms with Crippen LogP contribution in [0.1, 0.15) is 47.5 Å². The molecule has 2 heterocycles. The highest BCUT2D eigenvalue weighted by molar-refractivity contribution is 5.89. The second kappa shape index (κ2) is 8.68. The van der Waals surface area contributed by atoms with Crippen molar-refractivity contribution in [1.29, 1.82) is 0 Å². The quantitative estimate of drug-likeness (QED) is 0.762. The molecular weight excluding hydrogens is 362 g/mol. The summed E-state index contributed by atoms with van der Waals surface area (Å²) in [4.78, 5) is 40.6. The Balaban J connectivity index is 1.90. The summed E-state index contributed by atoms with van der Waals surface area (Å²) in [6.45, 7) is 12.1. The molecule has 2 unspecified atom stereocenters. The molecule has 0 aromatic rings. The highest BCUT2D eigenvalue weighted by Crippen LogP contribution is 2.31. The Morgan fingerprint density at radius 2 is 1.96 bits per heavy atom. The Kier molecular flexibility index (Phi) is 6.96. The van der Waals surface area contributed by atoms with E-state index < -0.39 is 5.60 Å². The lowest BCUT2D eigenvalue weighted by Gasteiger charge is -2.44. The van der Waals surface area contributed by atoms with Gasteiger partial charge in [0.2, 0.25) is 11.8 Å². The Morgan fingerprint density at radius 3 is 2.54 bits per heavy atom. The summed E-state index contributed by atoms with van der Waals surface area (Å²) in [5.74, 6) is -0.419. The molecule has 2 saturated heterocycles. The van der Waals surface area contributed by atoms with Gasteiger partial charge in [-0.05, 0) is 27.2 Å². The monoisotopic (exact) mass is 397 g/mol. The maximum atomic E-state index is 12.7. The van der Waals surface area contributed by atoms with Crippen molar-refractivity contribution >= 4 is 17.9 Å². The van der Waals surface area contributed by atoms with Gasteiger partial charge in [-0.25, -0.2) is 4.79 Å². The van der Waals surface area contributed by atoms with Crippen LogP contribution in [0, 0.1) is 11.3 Å². The van der Waals surface area contributed by atoms with Gasteiger partial charge in [-0.1, -0.05) is 13.8 Å². The van der Waals surface area contributed by atoms with Crippen LogP contribution < -0.4 is 5.32 Å². The van der Waals surface area contributed by atoms with E-state index >= 15 is 0 Å². The van der Waals surface area contributed by atoms with Gasteiger partial charge in [0.05, 0.1) is 12.5 Å². The molecule has 0 saturated carbocycles. The number of methoxy groups -OCH3 is 1. The largest absolute Gasteiger partial charge is 0.444 e. The molecule has 2 fully saturated rings. The maximum absolute atomic E-state index is 12.7. The summed E-state index contributed by atoms with van der Waals surface area (Å²) >= 11 is 0. The lowest BCUT2D eigenvalue weighted by Crippen LogP contribution is -2.58. The fourth-order valence-electron chi connectivity index (χ4n) is 3.76. The van der Waals surface area contributed by atoms with Crippen LogP contribution in [0.15, 0.2) is 0 Å². The zero-order valence-corrected chi connectivity index (χ0v) is 18.0. The molecule has 0 aliphatic carbocycles. The predicted molar refractivity (Wildman–Crippen MR) is 105 cm³/mol. The molecule has 1 N–H and O–H groups in total. The topological polar surface area (TPSA) is 88.2 Å². The number of hydrogen-bond acceptors (Lipinski definition) is 5. The molecule has 2 aliphatic heterocycles. The number of ether oxygens (including phenoxy) is 2. The van der Waals surface area contributed by atoms with Crippen molar-refractivity contribution in [1.82, 2.24) is 15.1 Å². The van der Waals surface area contributed by atoms with Gasteiger partial charge in [-0.3, -0.25) is 9.59 Å². The summed E-state index contributed by atoms with van der Waals surface area (Å²) in [6, 6.07) is -0.0539. The Bertz CT molecular complexity index is 599. The number of hydrogen-bond donors (Lipinski definition) is 1. The van der Waals surface area contributed by atoms with E-state index in [1.54, 1.807) is 16.9 Å². The van der Waals surface area contributed by atoms with Gasteiger partial charge in [0.15, 0.2) is 0 Å². The molecule has 2 rings (SSSR count). The summed E-state index contributed by atoms with van der Waals surface area (Å²) in [6.07, 6.45) is 0.583. The third kappa shape index (κ3) is 5.83. The standard InChI is InChI=1S/C20H35N3O5/c1-19(2,3)28-18(26)23-8-7-15(20(4,5)13-23)21-17(25)14-11-16(24)22(12-14)9-10-27-6/h14-15H,7-13H2,1-6H3,(H,21,25). The van der Waals surface area contributed by atoms with Gasteiger partial charge in [0.1, 0.15) is 5.60 Å². The van der Waals surface area contributed by atoms with Gasteiger partial charge in [0.25, 0.3) is 0 Å². The second-order valence-corrected chi connectivity index (χ2v) is 9.47. The number of carbonyl (C=O) groups excluding carboxylic acids is 3. The van der Waals surface area contributed by atoms with E-state index in [-0.39, 0.29) is 41.7 Å². The first-order valence-corrected chi connectivity index (χ1v) is 9.98. The third-order valence-electron chi connectivity index (χ3n) is 5.35. The number of piperidine rings is 1. The van der Waals surface area contributed by atoms with E-state index in [1.807, 2.05) is 34.6 Å². The number of likely N-dealkylation sites (tertiary alicyclic amines) is 2. The molecule has 3 amide bonds. The van der Waals surface area contributed by atoms with Crippen LogP contribution in [-0.2, 0) is 19.1 Å². The number of carbonyl (C=O) groups is 3. The average molecular weight is 398 g/mol. The maximum Gasteiger partial charge on any atom is 0.410 e. The van der Waals surface area contributed by atoms with Crippen molar-refractivity contribution in [3.8, 4) is 0 Å². The summed E-state index contributed by atoms with van der Waals surface area (Å²) in [7, 11) is 1.59. The minimum Gasteiger partial charge on any atom is -0.444 e. The highest BCUT2D eigenvalue weighted by atomic mass is 16.6. The SMILES string of the molecule is COCCN1CC(C(=O)NC2CCN(C(=O)OC(C)(C)C)CC2(C)C)CC1=O. The smallest absolute Gasteiger partial charge is 0.410 e. The molecule has 2 atom stereocenters. The van der Waals surface area contributed by atoms with Crippen LogP contribution >= 0.6 is 0 Å². The summed E-state index contributed by atoms with van der Waals surface area (Å²) < 4.78 is 10.5. The fourth-order valence-corrected chi connectivity index (χ4v) is 3.76. The van der Waals surface area contributed by atoms with Crippen LogP contribution in [-0.4, -0.2) is 79.2 Å². The van der Waals surface area contributed by atoms with E-state index in [1.165, 1.54) is 0 Å². The highest BCUT2D eigenvalue weighted by Gasteiger charge is 2.41. The summed E-state index contributed by atoms with van der Waals surface area (Å²) in [5.41, 5.74) is -0.820. The zero-order valence-electron chi connectivity index (χ0n) is 18.0. The van der Waals surface area contributed by atoms with Crippen LogP contribution in [0.2, 0.25) is 0 Å². The van der Waals surface area contributed by atoms with Crippen LogP contribution in [0.4, 0.5) is 4.79 Å². The molecule has 8 heteroatoms. The van der Waals surface area contributed by atoms with Crippen LogP contribution in [0.25, 0.3) is 0 Å². The molecule has 8 nitrogen and oxygen atoms in total. The van der Waals surface area contributed by atoms with Crippen molar-refractivity contribution in [2.24, 2.45) is 11.3 Å². The molecule has 0 radical (unpaired) electrons. The van der Waals surface area contributed by atoms with E-state index in [2.05, 4.69) is 5.32 Å². The molecule has 28 heavy (non-hydrogen) atoms. The molecule has 0 aromatic carbocycles. The van der Waals surface area contributed by atoms with Gasteiger partial charge in [-0.2, -0.15) is 0 Å². The number of rotatable bonds is 5. The first-order chi connectivity index (χ1) is 12.9. The number of nitrogens with zero attached hydrogens (tertiary/aromatic N) is 2. The predicted octanol–water partition coefficient (Wildman–Crippen LogP) is 1.63. The third-order valence-corrected chi connectivity index (χ3v) is 5.35. The number of nitrogens with one attached hydrogen (secondary N) is 1. The first kappa shape index (κ1) is 22.5. The van der Waals surface area contributed by atoms with Crippen molar-refractivity contribution in [3.63, 3.8) is 0 Å². The van der Waals surface area contributed by atoms with Gasteiger partial charge in [-0.15, -0.1) is 0 Å². The van der Waals surface area contributed by atoms with E-state index in [0.717, 1.165) is 0 Å². The Labute approximate surface area is 167 Å².